The number of hydrogen-bond donors (Lipinski definition) is 0. The van der Waals surface area contributed by atoms with E-state index in [0.717, 1.165) is 0 Å². The number of carbonyl (C=O) groups is 1. The summed E-state index contributed by atoms with van der Waals surface area (Å²) >= 11 is 0. The fourth-order valence-electron chi connectivity index (χ4n) is 2.28. The van der Waals surface area contributed by atoms with Crippen molar-refractivity contribution in [2.75, 3.05) is 27.4 Å². The first-order valence-electron chi connectivity index (χ1n) is 6.70. The standard InChI is InChI=1S/C15H21NO4/c1-10-9-20-11(2)8-16(10)15(17)12-5-13(18-3)7-14(6-12)19-4/h5-7,10-11H,8-9H2,1-4H3. The smallest absolute Gasteiger partial charge is 0.254 e. The molecular weight excluding hydrogens is 258 g/mol. The fraction of sp³-hybridized carbons (Fsp3) is 0.533. The Morgan fingerprint density at radius 2 is 1.80 bits per heavy atom. The number of morpholine rings is 1. The number of rotatable bonds is 3. The monoisotopic (exact) mass is 279 g/mol. The van der Waals surface area contributed by atoms with Gasteiger partial charge in [-0.3, -0.25) is 4.79 Å². The molecule has 1 aliphatic rings. The maximum atomic E-state index is 12.7. The van der Waals surface area contributed by atoms with E-state index in [4.69, 9.17) is 14.2 Å². The molecule has 1 saturated heterocycles. The van der Waals surface area contributed by atoms with E-state index in [-0.39, 0.29) is 18.1 Å². The molecule has 0 saturated carbocycles. The van der Waals surface area contributed by atoms with E-state index in [2.05, 4.69) is 0 Å². The van der Waals surface area contributed by atoms with Crippen molar-refractivity contribution in [3.63, 3.8) is 0 Å². The zero-order valence-corrected chi connectivity index (χ0v) is 12.4. The summed E-state index contributed by atoms with van der Waals surface area (Å²) in [5.41, 5.74) is 0.571. The maximum absolute atomic E-state index is 12.7. The van der Waals surface area contributed by atoms with Gasteiger partial charge in [0.1, 0.15) is 11.5 Å². The van der Waals surface area contributed by atoms with Crippen LogP contribution in [0.3, 0.4) is 0 Å². The van der Waals surface area contributed by atoms with Crippen LogP contribution in [0, 0.1) is 0 Å². The molecule has 0 N–H and O–H groups in total. The van der Waals surface area contributed by atoms with Crippen LogP contribution in [0.15, 0.2) is 18.2 Å². The van der Waals surface area contributed by atoms with Crippen LogP contribution in [0.1, 0.15) is 24.2 Å². The predicted octanol–water partition coefficient (Wildman–Crippen LogP) is 1.95. The van der Waals surface area contributed by atoms with Gasteiger partial charge in [0.25, 0.3) is 5.91 Å². The topological polar surface area (TPSA) is 48.0 Å². The number of nitrogens with zero attached hydrogens (tertiary/aromatic N) is 1. The third kappa shape index (κ3) is 3.04. The Morgan fingerprint density at radius 1 is 1.20 bits per heavy atom. The molecule has 0 bridgehead atoms. The molecule has 110 valence electrons. The SMILES string of the molecule is COc1cc(OC)cc(C(=O)N2CC(C)OCC2C)c1. The minimum Gasteiger partial charge on any atom is -0.497 e. The summed E-state index contributed by atoms with van der Waals surface area (Å²) in [6.45, 7) is 5.12. The molecule has 1 amide bonds. The summed E-state index contributed by atoms with van der Waals surface area (Å²) < 4.78 is 16.0. The summed E-state index contributed by atoms with van der Waals surface area (Å²) in [5.74, 6) is 1.20. The van der Waals surface area contributed by atoms with Crippen LogP contribution in [-0.4, -0.2) is 50.3 Å². The van der Waals surface area contributed by atoms with E-state index in [1.165, 1.54) is 0 Å². The van der Waals surface area contributed by atoms with Crippen LogP contribution < -0.4 is 9.47 Å². The second-order valence-electron chi connectivity index (χ2n) is 5.05. The molecule has 0 spiro atoms. The number of amides is 1. The van der Waals surface area contributed by atoms with Crippen LogP contribution in [0.2, 0.25) is 0 Å². The summed E-state index contributed by atoms with van der Waals surface area (Å²) in [6.07, 6.45) is 0.0580. The van der Waals surface area contributed by atoms with Crippen molar-refractivity contribution in [2.45, 2.75) is 26.0 Å². The molecular formula is C15H21NO4. The van der Waals surface area contributed by atoms with Gasteiger partial charge in [0, 0.05) is 18.2 Å². The van der Waals surface area contributed by atoms with Gasteiger partial charge in [0.2, 0.25) is 0 Å². The van der Waals surface area contributed by atoms with Gasteiger partial charge < -0.3 is 19.1 Å². The molecule has 20 heavy (non-hydrogen) atoms. The van der Waals surface area contributed by atoms with E-state index in [1.807, 2.05) is 18.7 Å². The third-order valence-electron chi connectivity index (χ3n) is 3.47. The highest BCUT2D eigenvalue weighted by molar-refractivity contribution is 5.95. The maximum Gasteiger partial charge on any atom is 0.254 e. The highest BCUT2D eigenvalue weighted by atomic mass is 16.5. The molecule has 2 atom stereocenters. The lowest BCUT2D eigenvalue weighted by molar-refractivity contribution is -0.0387. The van der Waals surface area contributed by atoms with Crippen molar-refractivity contribution in [3.05, 3.63) is 23.8 Å². The Kier molecular flexibility index (Phi) is 4.49. The molecule has 2 rings (SSSR count). The van der Waals surface area contributed by atoms with Crippen molar-refractivity contribution in [2.24, 2.45) is 0 Å². The number of methoxy groups -OCH3 is 2. The lowest BCUT2D eigenvalue weighted by atomic mass is 10.1. The molecule has 5 heteroatoms. The lowest BCUT2D eigenvalue weighted by Crippen LogP contribution is -2.50. The van der Waals surface area contributed by atoms with Crippen molar-refractivity contribution in [1.29, 1.82) is 0 Å². The van der Waals surface area contributed by atoms with E-state index < -0.39 is 0 Å². The number of ether oxygens (including phenoxy) is 3. The largest absolute Gasteiger partial charge is 0.497 e. The Morgan fingerprint density at radius 3 is 2.35 bits per heavy atom. The summed E-state index contributed by atoms with van der Waals surface area (Å²) in [7, 11) is 3.14. The van der Waals surface area contributed by atoms with Gasteiger partial charge >= 0.3 is 0 Å². The minimum atomic E-state index is -0.0233. The van der Waals surface area contributed by atoms with Crippen LogP contribution >= 0.6 is 0 Å². The molecule has 1 heterocycles. The second-order valence-corrected chi connectivity index (χ2v) is 5.05. The molecule has 5 nitrogen and oxygen atoms in total. The van der Waals surface area contributed by atoms with E-state index in [9.17, 15) is 4.79 Å². The quantitative estimate of drug-likeness (QED) is 0.848. The predicted molar refractivity (Wildman–Crippen MR) is 75.5 cm³/mol. The first-order valence-corrected chi connectivity index (χ1v) is 6.70. The summed E-state index contributed by atoms with van der Waals surface area (Å²) in [6, 6.07) is 5.29. The van der Waals surface area contributed by atoms with Gasteiger partial charge in [-0.25, -0.2) is 0 Å². The van der Waals surface area contributed by atoms with Crippen LogP contribution in [0.25, 0.3) is 0 Å². The highest BCUT2D eigenvalue weighted by Gasteiger charge is 2.28. The van der Waals surface area contributed by atoms with Gasteiger partial charge in [-0.05, 0) is 26.0 Å². The van der Waals surface area contributed by atoms with Gasteiger partial charge in [0.15, 0.2) is 0 Å². The Hall–Kier alpha value is -1.75. The Labute approximate surface area is 119 Å². The average Bonchev–Trinajstić information content (AvgIpc) is 2.48. The molecule has 1 aliphatic heterocycles. The lowest BCUT2D eigenvalue weighted by Gasteiger charge is -2.36. The zero-order valence-electron chi connectivity index (χ0n) is 12.4. The molecule has 1 aromatic rings. The van der Waals surface area contributed by atoms with Crippen molar-refractivity contribution >= 4 is 5.91 Å². The number of hydrogen-bond acceptors (Lipinski definition) is 4. The van der Waals surface area contributed by atoms with Crippen molar-refractivity contribution in [1.82, 2.24) is 4.90 Å². The minimum absolute atomic E-state index is 0.0233. The summed E-state index contributed by atoms with van der Waals surface area (Å²) in [5, 5.41) is 0. The van der Waals surface area contributed by atoms with Crippen molar-refractivity contribution < 1.29 is 19.0 Å². The normalized spacial score (nSPS) is 22.5. The summed E-state index contributed by atoms with van der Waals surface area (Å²) in [4.78, 5) is 14.5. The molecule has 1 aromatic carbocycles. The average molecular weight is 279 g/mol. The molecule has 0 radical (unpaired) electrons. The van der Waals surface area contributed by atoms with Crippen LogP contribution in [0.4, 0.5) is 0 Å². The third-order valence-corrected chi connectivity index (χ3v) is 3.47. The molecule has 0 aliphatic carbocycles. The van der Waals surface area contributed by atoms with Crippen LogP contribution in [0.5, 0.6) is 11.5 Å². The van der Waals surface area contributed by atoms with Crippen molar-refractivity contribution in [3.8, 4) is 11.5 Å². The van der Waals surface area contributed by atoms with Gasteiger partial charge in [0.05, 0.1) is 33.0 Å². The highest BCUT2D eigenvalue weighted by Crippen LogP contribution is 2.24. The number of carbonyl (C=O) groups excluding carboxylic acids is 1. The van der Waals surface area contributed by atoms with E-state index in [0.29, 0.717) is 30.2 Å². The Balaban J connectivity index is 2.27. The number of benzene rings is 1. The molecule has 1 fully saturated rings. The second kappa shape index (κ2) is 6.13. The molecule has 2 unspecified atom stereocenters. The first kappa shape index (κ1) is 14.7. The molecule has 0 aromatic heterocycles. The van der Waals surface area contributed by atoms with E-state index >= 15 is 0 Å². The zero-order chi connectivity index (χ0) is 14.7. The van der Waals surface area contributed by atoms with E-state index in [1.54, 1.807) is 32.4 Å². The van der Waals surface area contributed by atoms with Gasteiger partial charge in [-0.2, -0.15) is 0 Å². The Bertz CT molecular complexity index is 467. The van der Waals surface area contributed by atoms with Gasteiger partial charge in [-0.15, -0.1) is 0 Å². The van der Waals surface area contributed by atoms with Gasteiger partial charge in [-0.1, -0.05) is 0 Å². The fourth-order valence-corrected chi connectivity index (χ4v) is 2.28. The van der Waals surface area contributed by atoms with Crippen LogP contribution in [-0.2, 0) is 4.74 Å². The first-order chi connectivity index (χ1) is 9.55.